The summed E-state index contributed by atoms with van der Waals surface area (Å²) >= 11 is 6.00. The van der Waals surface area contributed by atoms with Crippen molar-refractivity contribution in [2.45, 2.75) is 30.7 Å². The molecule has 2 rings (SSSR count). The second-order valence-electron chi connectivity index (χ2n) is 4.94. The summed E-state index contributed by atoms with van der Waals surface area (Å²) in [6.45, 7) is 3.19. The van der Waals surface area contributed by atoms with Crippen molar-refractivity contribution >= 4 is 21.6 Å². The lowest BCUT2D eigenvalue weighted by molar-refractivity contribution is 0.417. The average Bonchev–Trinajstić information content (AvgIpc) is 2.85. The molecule has 0 radical (unpaired) electrons. The zero-order valence-electron chi connectivity index (χ0n) is 11.2. The van der Waals surface area contributed by atoms with Crippen LogP contribution in [0.2, 0.25) is 5.02 Å². The second kappa shape index (κ2) is 5.79. The topological polar surface area (TPSA) is 49.4 Å². The molecule has 0 aromatic heterocycles. The van der Waals surface area contributed by atoms with Gasteiger partial charge in [-0.1, -0.05) is 17.7 Å². The first-order chi connectivity index (χ1) is 8.93. The number of hydrogen-bond donors (Lipinski definition) is 1. The van der Waals surface area contributed by atoms with Crippen molar-refractivity contribution in [2.24, 2.45) is 0 Å². The van der Waals surface area contributed by atoms with E-state index in [-0.39, 0.29) is 6.04 Å². The van der Waals surface area contributed by atoms with Gasteiger partial charge < -0.3 is 5.32 Å². The highest BCUT2D eigenvalue weighted by Crippen LogP contribution is 2.25. The first kappa shape index (κ1) is 14.8. The van der Waals surface area contributed by atoms with Crippen LogP contribution >= 0.6 is 11.6 Å². The maximum atomic E-state index is 12.5. The van der Waals surface area contributed by atoms with Gasteiger partial charge in [0.05, 0.1) is 4.90 Å². The highest BCUT2D eigenvalue weighted by atomic mass is 35.5. The van der Waals surface area contributed by atoms with Gasteiger partial charge in [0, 0.05) is 24.7 Å². The smallest absolute Gasteiger partial charge is 0.243 e. The van der Waals surface area contributed by atoms with E-state index in [4.69, 9.17) is 11.6 Å². The molecule has 1 N–H and O–H groups in total. The molecule has 1 fully saturated rings. The number of rotatable bonds is 4. The van der Waals surface area contributed by atoms with Gasteiger partial charge in [0.1, 0.15) is 0 Å². The van der Waals surface area contributed by atoms with E-state index in [9.17, 15) is 8.42 Å². The van der Waals surface area contributed by atoms with Crippen LogP contribution in [0.3, 0.4) is 0 Å². The Hall–Kier alpha value is -0.620. The molecule has 6 heteroatoms. The number of benzene rings is 1. The lowest BCUT2D eigenvalue weighted by Gasteiger charge is -2.22. The van der Waals surface area contributed by atoms with Gasteiger partial charge in [-0.05, 0) is 44.0 Å². The zero-order chi connectivity index (χ0) is 14.0. The number of hydrogen-bond acceptors (Lipinski definition) is 3. The summed E-state index contributed by atoms with van der Waals surface area (Å²) in [5.74, 6) is 0. The minimum Gasteiger partial charge on any atom is -0.313 e. The van der Waals surface area contributed by atoms with Crippen molar-refractivity contribution in [3.63, 3.8) is 0 Å². The maximum Gasteiger partial charge on any atom is 0.243 e. The van der Waals surface area contributed by atoms with Crippen LogP contribution < -0.4 is 5.32 Å². The van der Waals surface area contributed by atoms with Crippen LogP contribution in [-0.2, 0) is 10.0 Å². The number of halogens is 1. The van der Waals surface area contributed by atoms with Gasteiger partial charge in [0.15, 0.2) is 0 Å². The normalized spacial score (nSPS) is 20.1. The largest absolute Gasteiger partial charge is 0.313 e. The molecule has 0 aliphatic carbocycles. The molecule has 1 aromatic rings. The minimum atomic E-state index is -3.47. The van der Waals surface area contributed by atoms with Crippen molar-refractivity contribution in [3.8, 4) is 0 Å². The Morgan fingerprint density at radius 2 is 2.21 bits per heavy atom. The van der Waals surface area contributed by atoms with Crippen molar-refractivity contribution in [3.05, 3.63) is 28.8 Å². The molecule has 1 aliphatic rings. The Morgan fingerprint density at radius 3 is 2.84 bits per heavy atom. The molecule has 1 saturated heterocycles. The Bertz CT molecular complexity index is 554. The molecular weight excluding hydrogens is 284 g/mol. The molecule has 1 aromatic carbocycles. The van der Waals surface area contributed by atoms with E-state index >= 15 is 0 Å². The Balaban J connectivity index is 2.23. The van der Waals surface area contributed by atoms with Gasteiger partial charge in [-0.3, -0.25) is 0 Å². The zero-order valence-corrected chi connectivity index (χ0v) is 12.8. The maximum absolute atomic E-state index is 12.5. The van der Waals surface area contributed by atoms with Gasteiger partial charge in [-0.2, -0.15) is 4.31 Å². The first-order valence-electron chi connectivity index (χ1n) is 6.38. The Labute approximate surface area is 119 Å². The molecule has 0 amide bonds. The van der Waals surface area contributed by atoms with Crippen molar-refractivity contribution in [2.75, 3.05) is 20.1 Å². The molecule has 1 unspecified atom stereocenters. The summed E-state index contributed by atoms with van der Waals surface area (Å²) in [5, 5.41) is 3.78. The standard InChI is InChI=1S/C13H19ClN2O2S/c1-10-12(14)6-3-7-13(10)19(17,18)16(2)9-11-5-4-8-15-11/h3,6-7,11,15H,4-5,8-9H2,1-2H3. The predicted octanol–water partition coefficient (Wildman–Crippen LogP) is 2.02. The minimum absolute atomic E-state index is 0.249. The molecule has 1 heterocycles. The lowest BCUT2D eigenvalue weighted by Crippen LogP contribution is -2.38. The number of nitrogens with one attached hydrogen (secondary N) is 1. The third-order valence-corrected chi connectivity index (χ3v) is 5.92. The molecule has 0 bridgehead atoms. The summed E-state index contributed by atoms with van der Waals surface area (Å²) in [4.78, 5) is 0.292. The first-order valence-corrected chi connectivity index (χ1v) is 8.19. The quantitative estimate of drug-likeness (QED) is 0.926. The van der Waals surface area contributed by atoms with Gasteiger partial charge in [0.2, 0.25) is 10.0 Å². The van der Waals surface area contributed by atoms with Crippen LogP contribution in [0.5, 0.6) is 0 Å². The van der Waals surface area contributed by atoms with Gasteiger partial charge in [-0.25, -0.2) is 8.42 Å². The monoisotopic (exact) mass is 302 g/mol. The molecule has 1 aliphatic heterocycles. The van der Waals surface area contributed by atoms with E-state index in [2.05, 4.69) is 5.32 Å². The molecule has 1 atom stereocenters. The summed E-state index contributed by atoms with van der Waals surface area (Å²) in [6, 6.07) is 5.23. The fourth-order valence-corrected chi connectivity index (χ4v) is 4.05. The van der Waals surface area contributed by atoms with Gasteiger partial charge in [0.25, 0.3) is 0 Å². The van der Waals surface area contributed by atoms with Crippen LogP contribution in [0.1, 0.15) is 18.4 Å². The van der Waals surface area contributed by atoms with Crippen LogP contribution in [0.15, 0.2) is 23.1 Å². The Morgan fingerprint density at radius 1 is 1.47 bits per heavy atom. The summed E-state index contributed by atoms with van der Waals surface area (Å²) in [6.07, 6.45) is 2.13. The Kier molecular flexibility index (Phi) is 4.50. The van der Waals surface area contributed by atoms with E-state index in [0.717, 1.165) is 19.4 Å². The highest BCUT2D eigenvalue weighted by Gasteiger charge is 2.26. The fourth-order valence-electron chi connectivity index (χ4n) is 2.36. The van der Waals surface area contributed by atoms with Crippen LogP contribution in [-0.4, -0.2) is 38.9 Å². The molecular formula is C13H19ClN2O2S. The van der Waals surface area contributed by atoms with E-state index in [1.54, 1.807) is 32.2 Å². The number of likely N-dealkylation sites (N-methyl/N-ethyl adjacent to an activating group) is 1. The molecule has 19 heavy (non-hydrogen) atoms. The van der Waals surface area contributed by atoms with Crippen LogP contribution in [0.25, 0.3) is 0 Å². The summed E-state index contributed by atoms with van der Waals surface area (Å²) < 4.78 is 26.5. The SMILES string of the molecule is Cc1c(Cl)cccc1S(=O)(=O)N(C)CC1CCCN1. The van der Waals surface area contributed by atoms with Gasteiger partial charge >= 0.3 is 0 Å². The fraction of sp³-hybridized carbons (Fsp3) is 0.538. The third kappa shape index (κ3) is 3.11. The number of nitrogens with zero attached hydrogens (tertiary/aromatic N) is 1. The van der Waals surface area contributed by atoms with E-state index in [1.807, 2.05) is 0 Å². The van der Waals surface area contributed by atoms with Crippen LogP contribution in [0, 0.1) is 6.92 Å². The molecule has 4 nitrogen and oxygen atoms in total. The van der Waals surface area contributed by atoms with E-state index in [0.29, 0.717) is 22.0 Å². The molecule has 0 saturated carbocycles. The predicted molar refractivity (Wildman–Crippen MR) is 77.0 cm³/mol. The van der Waals surface area contributed by atoms with Crippen molar-refractivity contribution < 1.29 is 8.42 Å². The van der Waals surface area contributed by atoms with E-state index in [1.165, 1.54) is 4.31 Å². The lowest BCUT2D eigenvalue weighted by atomic mass is 10.2. The number of sulfonamides is 1. The summed E-state index contributed by atoms with van der Waals surface area (Å²) in [5.41, 5.74) is 0.607. The van der Waals surface area contributed by atoms with Crippen molar-refractivity contribution in [1.82, 2.24) is 9.62 Å². The summed E-state index contributed by atoms with van der Waals surface area (Å²) in [7, 11) is -1.85. The third-order valence-electron chi connectivity index (χ3n) is 3.55. The molecule has 0 spiro atoms. The second-order valence-corrected chi connectivity index (χ2v) is 7.36. The van der Waals surface area contributed by atoms with Gasteiger partial charge in [-0.15, -0.1) is 0 Å². The van der Waals surface area contributed by atoms with Crippen LogP contribution in [0.4, 0.5) is 0 Å². The van der Waals surface area contributed by atoms with E-state index < -0.39 is 10.0 Å². The average molecular weight is 303 g/mol. The molecule has 106 valence electrons. The van der Waals surface area contributed by atoms with Crippen molar-refractivity contribution in [1.29, 1.82) is 0 Å². The highest BCUT2D eigenvalue weighted by molar-refractivity contribution is 7.89.